The highest BCUT2D eigenvalue weighted by Crippen LogP contribution is 2.37. The number of carbonyl (C=O) groups is 2. The van der Waals surface area contributed by atoms with E-state index in [4.69, 9.17) is 18.9 Å². The predicted molar refractivity (Wildman–Crippen MR) is 150 cm³/mol. The minimum Gasteiger partial charge on any atom is -0.496 e. The van der Waals surface area contributed by atoms with Crippen LogP contribution in [0, 0.1) is 5.92 Å². The van der Waals surface area contributed by atoms with E-state index in [0.29, 0.717) is 48.3 Å². The molecule has 5 rings (SSSR count). The van der Waals surface area contributed by atoms with Crippen LogP contribution in [0.2, 0.25) is 0 Å². The lowest BCUT2D eigenvalue weighted by atomic mass is 10.1. The molecule has 0 bridgehead atoms. The molecule has 2 amide bonds. The second kappa shape index (κ2) is 12.0. The second-order valence-corrected chi connectivity index (χ2v) is 11.6. The number of likely N-dealkylation sites (tertiary alicyclic amines) is 1. The van der Waals surface area contributed by atoms with Gasteiger partial charge in [-0.1, -0.05) is 0 Å². The van der Waals surface area contributed by atoms with E-state index in [1.807, 2.05) is 20.8 Å². The lowest BCUT2D eigenvalue weighted by Crippen LogP contribution is -2.35. The molecular weight excluding hydrogens is 550 g/mol. The van der Waals surface area contributed by atoms with E-state index in [1.165, 1.54) is 13.2 Å². The van der Waals surface area contributed by atoms with Crippen molar-refractivity contribution in [1.29, 1.82) is 0 Å². The quantitative estimate of drug-likeness (QED) is 0.333. The van der Waals surface area contributed by atoms with Crippen LogP contribution < -0.4 is 19.5 Å². The number of nitrogens with zero attached hydrogens (tertiary/aromatic N) is 3. The van der Waals surface area contributed by atoms with Crippen LogP contribution in [0.25, 0.3) is 16.9 Å². The number of aromatic nitrogens is 2. The molecule has 2 aromatic heterocycles. The van der Waals surface area contributed by atoms with Gasteiger partial charge in [-0.25, -0.2) is 9.78 Å². The number of carbonyl (C=O) groups excluding carboxylic acids is 2. The Morgan fingerprint density at radius 3 is 2.60 bits per heavy atom. The van der Waals surface area contributed by atoms with Crippen molar-refractivity contribution in [1.82, 2.24) is 19.6 Å². The number of hydrogen-bond donors (Lipinski definition) is 1. The van der Waals surface area contributed by atoms with Gasteiger partial charge in [0, 0.05) is 37.0 Å². The van der Waals surface area contributed by atoms with Crippen LogP contribution in [0.5, 0.6) is 17.2 Å². The smallest absolute Gasteiger partial charge is 0.410 e. The first kappa shape index (κ1) is 29.4. The lowest BCUT2D eigenvalue weighted by Gasteiger charge is -2.24. The Kier molecular flexibility index (Phi) is 8.42. The molecule has 226 valence electrons. The van der Waals surface area contributed by atoms with Gasteiger partial charge in [0.15, 0.2) is 0 Å². The van der Waals surface area contributed by atoms with Gasteiger partial charge in [-0.2, -0.15) is 8.78 Å². The third-order valence-corrected chi connectivity index (χ3v) is 7.15. The molecule has 0 radical (unpaired) electrons. The number of imidazole rings is 1. The highest BCUT2D eigenvalue weighted by molar-refractivity contribution is 6.01. The van der Waals surface area contributed by atoms with Gasteiger partial charge in [0.25, 0.3) is 5.91 Å². The summed E-state index contributed by atoms with van der Waals surface area (Å²) in [4.78, 5) is 31.3. The number of pyridine rings is 1. The summed E-state index contributed by atoms with van der Waals surface area (Å²) in [5.41, 5.74) is 1.08. The van der Waals surface area contributed by atoms with Gasteiger partial charge < -0.3 is 29.2 Å². The van der Waals surface area contributed by atoms with E-state index in [2.05, 4.69) is 10.3 Å². The average molecular weight is 587 g/mol. The van der Waals surface area contributed by atoms with Crippen LogP contribution >= 0.6 is 0 Å². The molecule has 2 fully saturated rings. The van der Waals surface area contributed by atoms with Gasteiger partial charge >= 0.3 is 12.7 Å². The third kappa shape index (κ3) is 7.03. The molecule has 2 aliphatic rings. The molecule has 1 atom stereocenters. The molecule has 1 saturated carbocycles. The summed E-state index contributed by atoms with van der Waals surface area (Å²) in [5.74, 6) is 0.283. The molecule has 1 unspecified atom stereocenters. The molecular formula is C30H36F2N4O6. The fourth-order valence-electron chi connectivity index (χ4n) is 4.97. The number of alkyl halides is 2. The number of hydrogen-bond acceptors (Lipinski definition) is 7. The van der Waals surface area contributed by atoms with Crippen molar-refractivity contribution in [2.24, 2.45) is 5.92 Å². The summed E-state index contributed by atoms with van der Waals surface area (Å²) < 4.78 is 50.0. The van der Waals surface area contributed by atoms with Gasteiger partial charge in [-0.05, 0) is 70.6 Å². The zero-order chi connectivity index (χ0) is 30.0. The standard InChI is InChI=1S/C30H36F2N4O6/c1-30(2,3)42-29(38)35-10-7-18(17-35)9-12-40-21-8-11-36-22(16-33-25(36)15-21)19-13-23(39-4)26(24(14-19)41-28(31)32)27(37)34-20-5-6-20/h8,11,13-16,18,20,28H,5-7,9-10,12,17H2,1-4H3,(H,34,37). The van der Waals surface area contributed by atoms with Gasteiger partial charge in [-0.15, -0.1) is 0 Å². The fraction of sp³-hybridized carbons (Fsp3) is 0.500. The van der Waals surface area contributed by atoms with Gasteiger partial charge in [-0.3, -0.25) is 9.20 Å². The molecule has 1 N–H and O–H groups in total. The predicted octanol–water partition coefficient (Wildman–Crippen LogP) is 5.53. The van der Waals surface area contributed by atoms with Crippen LogP contribution in [0.4, 0.5) is 13.6 Å². The van der Waals surface area contributed by atoms with Crippen molar-refractivity contribution >= 4 is 17.6 Å². The van der Waals surface area contributed by atoms with E-state index < -0.39 is 18.1 Å². The molecule has 3 aromatic rings. The Morgan fingerprint density at radius 1 is 1.14 bits per heavy atom. The molecule has 42 heavy (non-hydrogen) atoms. The van der Waals surface area contributed by atoms with E-state index in [9.17, 15) is 18.4 Å². The van der Waals surface area contributed by atoms with E-state index in [-0.39, 0.29) is 29.2 Å². The maximum Gasteiger partial charge on any atom is 0.410 e. The van der Waals surface area contributed by atoms with Crippen molar-refractivity contribution in [3.8, 4) is 28.5 Å². The maximum absolute atomic E-state index is 13.3. The van der Waals surface area contributed by atoms with E-state index in [0.717, 1.165) is 25.7 Å². The molecule has 1 aromatic carbocycles. The largest absolute Gasteiger partial charge is 0.496 e. The van der Waals surface area contributed by atoms with Crippen molar-refractivity contribution in [3.05, 3.63) is 42.2 Å². The Morgan fingerprint density at radius 2 is 1.90 bits per heavy atom. The number of amides is 2. The number of rotatable bonds is 10. The third-order valence-electron chi connectivity index (χ3n) is 7.15. The first-order valence-electron chi connectivity index (χ1n) is 14.1. The first-order chi connectivity index (χ1) is 20.0. The summed E-state index contributed by atoms with van der Waals surface area (Å²) in [6.07, 6.45) is 6.47. The van der Waals surface area contributed by atoms with Crippen LogP contribution in [0.15, 0.2) is 36.7 Å². The van der Waals surface area contributed by atoms with Gasteiger partial charge in [0.1, 0.15) is 34.1 Å². The number of nitrogens with one attached hydrogen (secondary N) is 1. The van der Waals surface area contributed by atoms with Crippen LogP contribution in [-0.4, -0.2) is 71.3 Å². The van der Waals surface area contributed by atoms with Gasteiger partial charge in [0.2, 0.25) is 0 Å². The first-order valence-corrected chi connectivity index (χ1v) is 14.1. The molecule has 0 spiro atoms. The average Bonchev–Trinajstić information content (AvgIpc) is 3.42. The molecule has 1 aliphatic carbocycles. The minimum absolute atomic E-state index is 0.0292. The Bertz CT molecular complexity index is 1450. The van der Waals surface area contributed by atoms with E-state index >= 15 is 0 Å². The fourth-order valence-corrected chi connectivity index (χ4v) is 4.97. The molecule has 1 saturated heterocycles. The Hall–Kier alpha value is -4.09. The van der Waals surface area contributed by atoms with Crippen molar-refractivity contribution in [2.75, 3.05) is 26.8 Å². The number of benzene rings is 1. The molecule has 1 aliphatic heterocycles. The summed E-state index contributed by atoms with van der Waals surface area (Å²) in [5, 5.41) is 2.80. The second-order valence-electron chi connectivity index (χ2n) is 11.6. The molecule has 3 heterocycles. The summed E-state index contributed by atoms with van der Waals surface area (Å²) >= 11 is 0. The maximum atomic E-state index is 13.3. The van der Waals surface area contributed by atoms with Crippen molar-refractivity contribution in [2.45, 2.75) is 64.7 Å². The van der Waals surface area contributed by atoms with Crippen LogP contribution in [0.3, 0.4) is 0 Å². The zero-order valence-electron chi connectivity index (χ0n) is 24.2. The van der Waals surface area contributed by atoms with Crippen molar-refractivity contribution < 1.29 is 37.3 Å². The number of ether oxygens (including phenoxy) is 4. The summed E-state index contributed by atoms with van der Waals surface area (Å²) in [6.45, 7) is 4.24. The zero-order valence-corrected chi connectivity index (χ0v) is 24.2. The summed E-state index contributed by atoms with van der Waals surface area (Å²) in [7, 11) is 1.37. The number of methoxy groups -OCH3 is 1. The van der Waals surface area contributed by atoms with Crippen LogP contribution in [0.1, 0.15) is 56.8 Å². The normalized spacial score (nSPS) is 17.0. The topological polar surface area (TPSA) is 104 Å². The SMILES string of the molecule is COc1cc(-c2cnc3cc(OCCC4CCN(C(=O)OC(C)(C)C)C4)ccn23)cc(OC(F)F)c1C(=O)NC1CC1. The monoisotopic (exact) mass is 586 g/mol. The lowest BCUT2D eigenvalue weighted by molar-refractivity contribution is -0.0502. The highest BCUT2D eigenvalue weighted by Gasteiger charge is 2.30. The van der Waals surface area contributed by atoms with E-state index in [1.54, 1.807) is 39.9 Å². The highest BCUT2D eigenvalue weighted by atomic mass is 19.3. The summed E-state index contributed by atoms with van der Waals surface area (Å²) in [6, 6.07) is 6.62. The van der Waals surface area contributed by atoms with Gasteiger partial charge in [0.05, 0.1) is 25.6 Å². The Balaban J connectivity index is 1.27. The minimum atomic E-state index is -3.12. The Labute approximate surface area is 242 Å². The molecule has 12 heteroatoms. The van der Waals surface area contributed by atoms with Crippen LogP contribution in [-0.2, 0) is 4.74 Å². The molecule has 10 nitrogen and oxygen atoms in total. The van der Waals surface area contributed by atoms with Crippen molar-refractivity contribution in [3.63, 3.8) is 0 Å². The number of fused-ring (bicyclic) bond motifs is 1. The number of halogens is 2.